The van der Waals surface area contributed by atoms with Gasteiger partial charge in [-0.15, -0.1) is 0 Å². The van der Waals surface area contributed by atoms with Crippen LogP contribution in [0.1, 0.15) is 58.8 Å². The third kappa shape index (κ3) is 10.8. The van der Waals surface area contributed by atoms with E-state index in [-0.39, 0.29) is 0 Å². The Balaban J connectivity index is 4.01. The molecule has 0 aliphatic carbocycles. The molecule has 0 saturated carbocycles. The van der Waals surface area contributed by atoms with Crippen molar-refractivity contribution in [1.29, 1.82) is 0 Å². The highest BCUT2D eigenvalue weighted by Gasteiger charge is 2.24. The molecule has 0 saturated heterocycles. The van der Waals surface area contributed by atoms with Crippen LogP contribution in [0.25, 0.3) is 0 Å². The highest BCUT2D eigenvalue weighted by Crippen LogP contribution is 2.13. The fourth-order valence-electron chi connectivity index (χ4n) is 1.48. The highest BCUT2D eigenvalue weighted by atomic mass is 35.5. The molecule has 0 aliphatic heterocycles. The first-order chi connectivity index (χ1) is 9.90. The van der Waals surface area contributed by atoms with Gasteiger partial charge in [-0.1, -0.05) is 49.9 Å². The largest absolute Gasteiger partial charge is 0.446 e. The summed E-state index contributed by atoms with van der Waals surface area (Å²) in [5.74, 6) is -1.67. The lowest BCUT2D eigenvalue weighted by molar-refractivity contribution is -0.162. The molecule has 21 heavy (non-hydrogen) atoms. The second-order valence-corrected chi connectivity index (χ2v) is 5.72. The van der Waals surface area contributed by atoms with E-state index >= 15 is 0 Å². The smallest absolute Gasteiger partial charge is 0.337 e. The summed E-state index contributed by atoms with van der Waals surface area (Å²) in [6, 6.07) is 0. The van der Waals surface area contributed by atoms with E-state index in [1.807, 2.05) is 13.8 Å². The van der Waals surface area contributed by atoms with Crippen molar-refractivity contribution in [2.24, 2.45) is 0 Å². The van der Waals surface area contributed by atoms with E-state index in [4.69, 9.17) is 32.7 Å². The van der Waals surface area contributed by atoms with Gasteiger partial charge in [0.25, 0.3) is 0 Å². The summed E-state index contributed by atoms with van der Waals surface area (Å²) in [6.45, 7) is 3.98. The maximum absolute atomic E-state index is 11.5. The quantitative estimate of drug-likeness (QED) is 0.460. The Bertz CT molecular complexity index is 312. The van der Waals surface area contributed by atoms with Crippen LogP contribution in [0.3, 0.4) is 0 Å². The first-order valence-electron chi connectivity index (χ1n) is 7.26. The average molecular weight is 343 g/mol. The second kappa shape index (κ2) is 12.1. The SMILES string of the molecule is CCCCC(Cl)OC(=O)CC(O)C(=O)OC(Cl)CCCC. The number of rotatable bonds is 11. The van der Waals surface area contributed by atoms with Gasteiger partial charge in [0.05, 0.1) is 6.42 Å². The van der Waals surface area contributed by atoms with Gasteiger partial charge in [-0.2, -0.15) is 0 Å². The number of carbonyl (C=O) groups is 2. The summed E-state index contributed by atoms with van der Waals surface area (Å²) >= 11 is 11.6. The normalized spacial score (nSPS) is 15.1. The number of hydrogen-bond donors (Lipinski definition) is 1. The number of aliphatic hydroxyl groups excluding tert-OH is 1. The van der Waals surface area contributed by atoms with E-state index in [2.05, 4.69) is 0 Å². The number of carbonyl (C=O) groups excluding carboxylic acids is 2. The van der Waals surface area contributed by atoms with E-state index in [1.54, 1.807) is 0 Å². The van der Waals surface area contributed by atoms with Crippen LogP contribution in [0.4, 0.5) is 0 Å². The minimum atomic E-state index is -1.59. The average Bonchev–Trinajstić information content (AvgIpc) is 2.42. The van der Waals surface area contributed by atoms with E-state index in [9.17, 15) is 14.7 Å². The topological polar surface area (TPSA) is 72.8 Å². The summed E-state index contributed by atoms with van der Waals surface area (Å²) < 4.78 is 9.69. The van der Waals surface area contributed by atoms with Crippen LogP contribution in [0.15, 0.2) is 0 Å². The first-order valence-corrected chi connectivity index (χ1v) is 8.14. The van der Waals surface area contributed by atoms with Crippen LogP contribution < -0.4 is 0 Å². The fraction of sp³-hybridized carbons (Fsp3) is 0.857. The molecule has 0 radical (unpaired) electrons. The van der Waals surface area contributed by atoms with Gasteiger partial charge in [-0.3, -0.25) is 4.79 Å². The van der Waals surface area contributed by atoms with Crippen LogP contribution in [-0.2, 0) is 19.1 Å². The van der Waals surface area contributed by atoms with E-state index in [1.165, 1.54) is 0 Å². The van der Waals surface area contributed by atoms with Crippen molar-refractivity contribution >= 4 is 35.1 Å². The third-order valence-corrected chi connectivity index (χ3v) is 3.32. The van der Waals surface area contributed by atoms with Gasteiger partial charge in [0.2, 0.25) is 0 Å². The summed E-state index contributed by atoms with van der Waals surface area (Å²) in [4.78, 5) is 23.0. The van der Waals surface area contributed by atoms with Crippen molar-refractivity contribution in [3.8, 4) is 0 Å². The lowest BCUT2D eigenvalue weighted by Gasteiger charge is -2.15. The van der Waals surface area contributed by atoms with Crippen molar-refractivity contribution in [2.45, 2.75) is 76.0 Å². The molecular formula is C14H24Cl2O5. The third-order valence-electron chi connectivity index (χ3n) is 2.70. The number of halogens is 2. The number of alkyl halides is 2. The van der Waals surface area contributed by atoms with Crippen LogP contribution in [-0.4, -0.2) is 34.3 Å². The van der Waals surface area contributed by atoms with Crippen molar-refractivity contribution in [3.05, 3.63) is 0 Å². The molecule has 0 aliphatic rings. The molecule has 3 unspecified atom stereocenters. The Morgan fingerprint density at radius 3 is 1.95 bits per heavy atom. The molecule has 3 atom stereocenters. The van der Waals surface area contributed by atoms with Gasteiger partial charge in [0, 0.05) is 0 Å². The molecule has 0 heterocycles. The van der Waals surface area contributed by atoms with Gasteiger partial charge in [-0.25, -0.2) is 4.79 Å². The monoisotopic (exact) mass is 342 g/mol. The zero-order valence-corrected chi connectivity index (χ0v) is 14.0. The van der Waals surface area contributed by atoms with E-state index in [0.29, 0.717) is 12.8 Å². The maximum Gasteiger partial charge on any atom is 0.337 e. The number of hydrogen-bond acceptors (Lipinski definition) is 5. The number of unbranched alkanes of at least 4 members (excludes halogenated alkanes) is 2. The van der Waals surface area contributed by atoms with Crippen LogP contribution in [0.5, 0.6) is 0 Å². The molecule has 1 N–H and O–H groups in total. The number of aliphatic hydroxyl groups is 1. The summed E-state index contributed by atoms with van der Waals surface area (Å²) in [5.41, 5.74) is -1.54. The molecule has 0 rings (SSSR count). The highest BCUT2D eigenvalue weighted by molar-refractivity contribution is 6.20. The van der Waals surface area contributed by atoms with E-state index < -0.39 is 35.6 Å². The van der Waals surface area contributed by atoms with Gasteiger partial charge in [0.15, 0.2) is 17.2 Å². The molecule has 5 nitrogen and oxygen atoms in total. The van der Waals surface area contributed by atoms with Gasteiger partial charge in [-0.05, 0) is 25.7 Å². The zero-order valence-electron chi connectivity index (χ0n) is 12.5. The van der Waals surface area contributed by atoms with Gasteiger partial charge >= 0.3 is 11.9 Å². The summed E-state index contributed by atoms with van der Waals surface area (Å²) in [6.07, 6.45) is 2.45. The molecule has 0 spiro atoms. The number of esters is 2. The molecule has 7 heteroatoms. The minimum absolute atomic E-state index is 0.494. The predicted molar refractivity (Wildman–Crippen MR) is 81.1 cm³/mol. The molecule has 0 aromatic carbocycles. The van der Waals surface area contributed by atoms with Crippen molar-refractivity contribution in [3.63, 3.8) is 0 Å². The standard InChI is InChI=1S/C14H24Cl2O5/c1-3-5-7-11(15)20-13(18)9-10(17)14(19)21-12(16)8-6-4-2/h10-12,17H,3-9H2,1-2H3. The molecule has 0 bridgehead atoms. The zero-order chi connectivity index (χ0) is 16.3. The molecule has 0 aromatic heterocycles. The van der Waals surface area contributed by atoms with Gasteiger partial charge < -0.3 is 14.6 Å². The van der Waals surface area contributed by atoms with Crippen molar-refractivity contribution in [2.75, 3.05) is 0 Å². The summed E-state index contributed by atoms with van der Waals surface area (Å²) in [7, 11) is 0. The van der Waals surface area contributed by atoms with Crippen LogP contribution in [0.2, 0.25) is 0 Å². The molecule has 0 aromatic rings. The molecular weight excluding hydrogens is 319 g/mol. The van der Waals surface area contributed by atoms with Gasteiger partial charge in [0.1, 0.15) is 0 Å². The molecule has 124 valence electrons. The Morgan fingerprint density at radius 2 is 1.48 bits per heavy atom. The Hall–Kier alpha value is -0.520. The fourth-order valence-corrected chi connectivity index (χ4v) is 1.98. The predicted octanol–water partition coefficient (Wildman–Crippen LogP) is 3.33. The minimum Gasteiger partial charge on any atom is -0.446 e. The van der Waals surface area contributed by atoms with E-state index in [0.717, 1.165) is 25.7 Å². The summed E-state index contributed by atoms with van der Waals surface area (Å²) in [5, 5.41) is 9.57. The Morgan fingerprint density at radius 1 is 1.00 bits per heavy atom. The molecule has 0 fully saturated rings. The first kappa shape index (κ1) is 20.5. The van der Waals surface area contributed by atoms with Crippen molar-refractivity contribution in [1.82, 2.24) is 0 Å². The van der Waals surface area contributed by atoms with Crippen LogP contribution >= 0.6 is 23.2 Å². The Kier molecular flexibility index (Phi) is 11.8. The van der Waals surface area contributed by atoms with Crippen molar-refractivity contribution < 1.29 is 24.2 Å². The number of ether oxygens (including phenoxy) is 2. The second-order valence-electron chi connectivity index (χ2n) is 4.75. The lowest BCUT2D eigenvalue weighted by atomic mass is 10.2. The molecule has 0 amide bonds. The maximum atomic E-state index is 11.5. The lowest BCUT2D eigenvalue weighted by Crippen LogP contribution is -2.29. The Labute approximate surface area is 135 Å². The van der Waals surface area contributed by atoms with Crippen LogP contribution in [0, 0.1) is 0 Å².